The van der Waals surface area contributed by atoms with Crippen LogP contribution in [0.5, 0.6) is 0 Å². The molecule has 12 nitrogen and oxygen atoms in total. The quantitative estimate of drug-likeness (QED) is 0.138. The van der Waals surface area contributed by atoms with Crippen molar-refractivity contribution in [2.45, 2.75) is 41.1 Å². The summed E-state index contributed by atoms with van der Waals surface area (Å²) in [4.78, 5) is 12.7. The van der Waals surface area contributed by atoms with Gasteiger partial charge in [0.05, 0.1) is 23.0 Å². The van der Waals surface area contributed by atoms with E-state index < -0.39 is 65.7 Å². The highest BCUT2D eigenvalue weighted by molar-refractivity contribution is 7.99. The van der Waals surface area contributed by atoms with Crippen molar-refractivity contribution >= 4 is 47.8 Å². The van der Waals surface area contributed by atoms with Gasteiger partial charge in [0.15, 0.2) is 15.4 Å². The first-order valence-electron chi connectivity index (χ1n) is 11.4. The summed E-state index contributed by atoms with van der Waals surface area (Å²) in [7, 11) is -9.30. The zero-order chi connectivity index (χ0) is 28.8. The minimum atomic E-state index is -4.20. The molecule has 17 heteroatoms. The highest BCUT2D eigenvalue weighted by atomic mass is 32.2. The molecule has 0 radical (unpaired) electrons. The summed E-state index contributed by atoms with van der Waals surface area (Å²) < 4.78 is 97.3. The lowest BCUT2D eigenvalue weighted by atomic mass is 9.75. The number of carbonyl (C=O) groups is 1. The van der Waals surface area contributed by atoms with Gasteiger partial charge >= 0.3 is 0 Å². The molecule has 38 heavy (non-hydrogen) atoms. The highest BCUT2D eigenvalue weighted by Crippen LogP contribution is 2.40. The highest BCUT2D eigenvalue weighted by Gasteiger charge is 2.52. The van der Waals surface area contributed by atoms with Crippen LogP contribution in [-0.2, 0) is 39.1 Å². The second-order valence-corrected chi connectivity index (χ2v) is 15.6. The van der Waals surface area contributed by atoms with Crippen molar-refractivity contribution in [1.82, 2.24) is 14.3 Å². The molecule has 1 saturated carbocycles. The van der Waals surface area contributed by atoms with E-state index in [4.69, 9.17) is 9.44 Å². The van der Waals surface area contributed by atoms with Crippen molar-refractivity contribution in [2.24, 2.45) is 5.92 Å². The van der Waals surface area contributed by atoms with Crippen molar-refractivity contribution in [2.75, 3.05) is 44.9 Å². The Hall–Kier alpha value is -1.81. The van der Waals surface area contributed by atoms with Crippen LogP contribution in [0.3, 0.4) is 0 Å². The lowest BCUT2D eigenvalue weighted by Crippen LogP contribution is -2.57. The zero-order valence-corrected chi connectivity index (χ0v) is 24.4. The Morgan fingerprint density at radius 2 is 1.92 bits per heavy atom. The van der Waals surface area contributed by atoms with E-state index >= 15 is 0 Å². The van der Waals surface area contributed by atoms with E-state index in [2.05, 4.69) is 10.0 Å². The Kier molecular flexibility index (Phi) is 11.1. The fourth-order valence-electron chi connectivity index (χ4n) is 4.03. The summed E-state index contributed by atoms with van der Waals surface area (Å²) in [6, 6.07) is 5.00. The van der Waals surface area contributed by atoms with Gasteiger partial charge in [-0.2, -0.15) is 26.4 Å². The standard InChI is InChI=1S/C21H31FN4O8S4/c1-26(2)38(32,33)25-12-13-35-19-8-7-17(14-18(19)22)37(30,31)15-16-6-4-5-9-21(16,34-36(3,28)29)20(27)24-11-10-23/h7-8,14,16,25H,4-6,9,11-13,15H2,1-3H3,(H,24,27). The molecule has 1 aromatic carbocycles. The largest absolute Gasteiger partial charge is 0.340 e. The molecule has 2 unspecified atom stereocenters. The number of hydrogen-bond acceptors (Lipinski definition) is 10. The molecule has 2 N–H and O–H groups in total. The third-order valence-electron chi connectivity index (χ3n) is 5.83. The molecular weight excluding hydrogens is 584 g/mol. The molecule has 2 atom stereocenters. The van der Waals surface area contributed by atoms with Crippen LogP contribution in [0.15, 0.2) is 28.0 Å². The number of halogens is 1. The van der Waals surface area contributed by atoms with Crippen LogP contribution in [0.4, 0.5) is 4.39 Å². The molecule has 0 heterocycles. The summed E-state index contributed by atoms with van der Waals surface area (Å²) >= 11 is 0.991. The van der Waals surface area contributed by atoms with Crippen LogP contribution in [0.2, 0.25) is 0 Å². The normalized spacial score (nSPS) is 20.7. The van der Waals surface area contributed by atoms with E-state index in [0.717, 1.165) is 28.4 Å². The van der Waals surface area contributed by atoms with Crippen molar-refractivity contribution in [1.29, 1.82) is 5.26 Å². The van der Waals surface area contributed by atoms with Gasteiger partial charge in [-0.25, -0.2) is 17.5 Å². The van der Waals surface area contributed by atoms with Gasteiger partial charge in [0.2, 0.25) is 0 Å². The molecule has 214 valence electrons. The fraction of sp³-hybridized carbons (Fsp3) is 0.619. The van der Waals surface area contributed by atoms with Crippen molar-refractivity contribution in [3.8, 4) is 6.07 Å². The molecule has 0 saturated heterocycles. The molecule has 0 bridgehead atoms. The molecule has 1 aliphatic carbocycles. The van der Waals surface area contributed by atoms with Gasteiger partial charge in [-0.3, -0.25) is 8.98 Å². The summed E-state index contributed by atoms with van der Waals surface area (Å²) in [6.45, 7) is -0.406. The summed E-state index contributed by atoms with van der Waals surface area (Å²) in [5, 5.41) is 11.1. The van der Waals surface area contributed by atoms with Crippen LogP contribution < -0.4 is 10.0 Å². The van der Waals surface area contributed by atoms with Gasteiger partial charge in [-0.1, -0.05) is 6.42 Å². The fourth-order valence-corrected chi connectivity index (χ4v) is 8.12. The average Bonchev–Trinajstić information content (AvgIpc) is 2.81. The molecule has 2 rings (SSSR count). The van der Waals surface area contributed by atoms with E-state index in [1.165, 1.54) is 26.2 Å². The molecular formula is C21H31FN4O8S4. The second kappa shape index (κ2) is 13.0. The molecule has 1 amide bonds. The SMILES string of the molecule is CN(C)S(=O)(=O)NCCSc1ccc(S(=O)(=O)CC2CCCCC2(OS(C)(=O)=O)C(=O)NCC#N)cc1F. The lowest BCUT2D eigenvalue weighted by Gasteiger charge is -2.41. The van der Waals surface area contributed by atoms with Crippen molar-refractivity contribution in [3.63, 3.8) is 0 Å². The summed E-state index contributed by atoms with van der Waals surface area (Å²) in [6.07, 6.45) is 1.76. The first kappa shape index (κ1) is 32.4. The molecule has 1 aliphatic rings. The third kappa shape index (κ3) is 8.60. The number of benzene rings is 1. The summed E-state index contributed by atoms with van der Waals surface area (Å²) in [5.41, 5.74) is -2.02. The van der Waals surface area contributed by atoms with E-state index in [0.29, 0.717) is 12.8 Å². The van der Waals surface area contributed by atoms with Gasteiger partial charge in [0.25, 0.3) is 26.2 Å². The monoisotopic (exact) mass is 614 g/mol. The number of nitrogens with zero attached hydrogens (tertiary/aromatic N) is 2. The number of nitrogens with one attached hydrogen (secondary N) is 2. The smallest absolute Gasteiger partial charge is 0.278 e. The average molecular weight is 615 g/mol. The van der Waals surface area contributed by atoms with Crippen LogP contribution in [-0.4, -0.2) is 86.0 Å². The van der Waals surface area contributed by atoms with Gasteiger partial charge in [-0.05, 0) is 37.5 Å². The Morgan fingerprint density at radius 1 is 1.24 bits per heavy atom. The molecule has 1 fully saturated rings. The van der Waals surface area contributed by atoms with Crippen LogP contribution in [0, 0.1) is 23.1 Å². The van der Waals surface area contributed by atoms with Crippen LogP contribution in [0.25, 0.3) is 0 Å². The molecule has 0 spiro atoms. The molecule has 0 aliphatic heterocycles. The van der Waals surface area contributed by atoms with E-state index in [9.17, 15) is 34.4 Å². The number of carbonyl (C=O) groups excluding carboxylic acids is 1. The zero-order valence-electron chi connectivity index (χ0n) is 21.1. The first-order chi connectivity index (χ1) is 17.5. The Labute approximate surface area is 227 Å². The maximum absolute atomic E-state index is 14.8. The van der Waals surface area contributed by atoms with E-state index in [1.807, 2.05) is 0 Å². The van der Waals surface area contributed by atoms with Gasteiger partial charge in [0.1, 0.15) is 12.4 Å². The second-order valence-electron chi connectivity index (χ2n) is 8.86. The Morgan fingerprint density at radius 3 is 2.50 bits per heavy atom. The maximum atomic E-state index is 14.8. The van der Waals surface area contributed by atoms with Gasteiger partial charge < -0.3 is 5.32 Å². The molecule has 0 aromatic heterocycles. The van der Waals surface area contributed by atoms with Crippen LogP contribution in [0.1, 0.15) is 25.7 Å². The van der Waals surface area contributed by atoms with E-state index in [-0.39, 0.29) is 34.9 Å². The Bertz CT molecular complexity index is 1380. The third-order valence-corrected chi connectivity index (χ3v) is 10.8. The first-order valence-corrected chi connectivity index (χ1v) is 17.3. The minimum absolute atomic E-state index is 0.0165. The predicted octanol–water partition coefficient (Wildman–Crippen LogP) is 0.632. The lowest BCUT2D eigenvalue weighted by molar-refractivity contribution is -0.143. The number of thioether (sulfide) groups is 1. The topological polar surface area (TPSA) is 180 Å². The summed E-state index contributed by atoms with van der Waals surface area (Å²) in [5.74, 6) is -3.30. The number of nitriles is 1. The number of rotatable bonds is 13. The van der Waals surface area contributed by atoms with Crippen molar-refractivity contribution in [3.05, 3.63) is 24.0 Å². The van der Waals surface area contributed by atoms with E-state index in [1.54, 1.807) is 6.07 Å². The number of amides is 1. The van der Waals surface area contributed by atoms with Gasteiger partial charge in [-0.15, -0.1) is 11.8 Å². The maximum Gasteiger partial charge on any atom is 0.278 e. The minimum Gasteiger partial charge on any atom is -0.340 e. The van der Waals surface area contributed by atoms with Crippen molar-refractivity contribution < 1.29 is 38.6 Å². The van der Waals surface area contributed by atoms with Crippen LogP contribution >= 0.6 is 11.8 Å². The molecule has 1 aromatic rings. The number of sulfone groups is 1. The number of hydrogen-bond donors (Lipinski definition) is 2. The Balaban J connectivity index is 2.24. The predicted molar refractivity (Wildman–Crippen MR) is 139 cm³/mol. The van der Waals surface area contributed by atoms with Gasteiger partial charge in [0, 0.05) is 37.2 Å².